The van der Waals surface area contributed by atoms with Gasteiger partial charge in [0.2, 0.25) is 5.89 Å². The SMILES string of the molecule is CCCc1noc([C@H](C)Sc2nc3ccccc3c(=O)n2-c2cc(C)ccc2OC)n1. The highest BCUT2D eigenvalue weighted by molar-refractivity contribution is 7.99. The molecule has 2 aromatic carbocycles. The molecule has 8 heteroatoms. The first-order valence-corrected chi connectivity index (χ1v) is 11.1. The maximum absolute atomic E-state index is 13.5. The van der Waals surface area contributed by atoms with E-state index in [4.69, 9.17) is 14.2 Å². The molecular formula is C23H24N4O3S. The van der Waals surface area contributed by atoms with Gasteiger partial charge in [-0.15, -0.1) is 0 Å². The van der Waals surface area contributed by atoms with Crippen LogP contribution >= 0.6 is 11.8 Å². The molecule has 0 fully saturated rings. The van der Waals surface area contributed by atoms with E-state index in [2.05, 4.69) is 17.1 Å². The zero-order valence-electron chi connectivity index (χ0n) is 18.0. The number of ether oxygens (including phenoxy) is 1. The fraction of sp³-hybridized carbons (Fsp3) is 0.304. The summed E-state index contributed by atoms with van der Waals surface area (Å²) in [6, 6.07) is 13.1. The van der Waals surface area contributed by atoms with E-state index in [1.807, 2.05) is 50.2 Å². The van der Waals surface area contributed by atoms with Crippen LogP contribution in [-0.4, -0.2) is 26.8 Å². The molecule has 31 heavy (non-hydrogen) atoms. The molecule has 4 aromatic rings. The summed E-state index contributed by atoms with van der Waals surface area (Å²) in [4.78, 5) is 22.8. The second-order valence-corrected chi connectivity index (χ2v) is 8.59. The number of nitrogens with zero attached hydrogens (tertiary/aromatic N) is 4. The Morgan fingerprint density at radius 1 is 1.19 bits per heavy atom. The predicted molar refractivity (Wildman–Crippen MR) is 121 cm³/mol. The van der Waals surface area contributed by atoms with Crippen molar-refractivity contribution < 1.29 is 9.26 Å². The molecule has 0 aliphatic heterocycles. The summed E-state index contributed by atoms with van der Waals surface area (Å²) in [5, 5.41) is 4.95. The first-order chi connectivity index (χ1) is 15.0. The fourth-order valence-electron chi connectivity index (χ4n) is 3.34. The van der Waals surface area contributed by atoms with Crippen molar-refractivity contribution in [2.75, 3.05) is 7.11 Å². The zero-order chi connectivity index (χ0) is 22.0. The summed E-state index contributed by atoms with van der Waals surface area (Å²) >= 11 is 1.40. The minimum Gasteiger partial charge on any atom is -0.495 e. The van der Waals surface area contributed by atoms with Crippen molar-refractivity contribution in [3.8, 4) is 11.4 Å². The predicted octanol–water partition coefficient (Wildman–Crippen LogP) is 4.89. The van der Waals surface area contributed by atoms with Crippen molar-refractivity contribution in [2.24, 2.45) is 0 Å². The van der Waals surface area contributed by atoms with E-state index in [1.54, 1.807) is 17.7 Å². The minimum absolute atomic E-state index is 0.151. The van der Waals surface area contributed by atoms with Gasteiger partial charge in [-0.25, -0.2) is 4.98 Å². The molecule has 0 N–H and O–H groups in total. The summed E-state index contributed by atoms with van der Waals surface area (Å²) < 4.78 is 12.6. The Balaban J connectivity index is 1.87. The van der Waals surface area contributed by atoms with Crippen LogP contribution < -0.4 is 10.3 Å². The van der Waals surface area contributed by atoms with E-state index in [1.165, 1.54) is 11.8 Å². The lowest BCUT2D eigenvalue weighted by Crippen LogP contribution is -2.22. The van der Waals surface area contributed by atoms with Crippen LogP contribution in [0, 0.1) is 6.92 Å². The van der Waals surface area contributed by atoms with E-state index < -0.39 is 0 Å². The number of methoxy groups -OCH3 is 1. The molecule has 0 amide bonds. The van der Waals surface area contributed by atoms with Gasteiger partial charge in [0.15, 0.2) is 11.0 Å². The number of fused-ring (bicyclic) bond motifs is 1. The van der Waals surface area contributed by atoms with E-state index in [9.17, 15) is 4.79 Å². The second-order valence-electron chi connectivity index (χ2n) is 7.29. The van der Waals surface area contributed by atoms with Gasteiger partial charge >= 0.3 is 0 Å². The maximum atomic E-state index is 13.5. The Morgan fingerprint density at radius 3 is 2.77 bits per heavy atom. The van der Waals surface area contributed by atoms with Gasteiger partial charge in [-0.05, 0) is 50.1 Å². The normalized spacial score (nSPS) is 12.3. The fourth-order valence-corrected chi connectivity index (χ4v) is 4.30. The molecule has 0 unspecified atom stereocenters. The first-order valence-electron chi connectivity index (χ1n) is 10.2. The van der Waals surface area contributed by atoms with Crippen molar-refractivity contribution in [1.82, 2.24) is 19.7 Å². The van der Waals surface area contributed by atoms with Crippen molar-refractivity contribution in [3.63, 3.8) is 0 Å². The molecule has 0 spiro atoms. The van der Waals surface area contributed by atoms with Crippen LogP contribution in [0.15, 0.2) is 56.9 Å². The Labute approximate surface area is 184 Å². The van der Waals surface area contributed by atoms with Crippen molar-refractivity contribution in [1.29, 1.82) is 0 Å². The summed E-state index contributed by atoms with van der Waals surface area (Å²) in [6.45, 7) is 6.01. The van der Waals surface area contributed by atoms with E-state index >= 15 is 0 Å². The van der Waals surface area contributed by atoms with E-state index in [-0.39, 0.29) is 10.8 Å². The topological polar surface area (TPSA) is 83.0 Å². The lowest BCUT2D eigenvalue weighted by atomic mass is 10.2. The molecule has 2 heterocycles. The standard InChI is InChI=1S/C23H24N4O3S/c1-5-8-20-25-21(30-26-20)15(3)31-23-24-17-10-7-6-9-16(17)22(28)27(23)18-13-14(2)11-12-19(18)29-4/h6-7,9-13,15H,5,8H2,1-4H3/t15-/m0/s1. The molecule has 4 rings (SSSR count). The third kappa shape index (κ3) is 4.20. The van der Waals surface area contributed by atoms with Gasteiger partial charge in [0.25, 0.3) is 5.56 Å². The number of para-hydroxylation sites is 1. The Kier molecular flexibility index (Phi) is 6.08. The molecule has 0 aliphatic rings. The van der Waals surface area contributed by atoms with Crippen molar-refractivity contribution >= 4 is 22.7 Å². The van der Waals surface area contributed by atoms with Gasteiger partial charge in [0.05, 0.1) is 29.0 Å². The van der Waals surface area contributed by atoms with Gasteiger partial charge in [-0.3, -0.25) is 9.36 Å². The minimum atomic E-state index is -0.187. The molecule has 0 saturated carbocycles. The van der Waals surface area contributed by atoms with Gasteiger partial charge in [0.1, 0.15) is 5.75 Å². The molecule has 2 aromatic heterocycles. The molecule has 0 aliphatic carbocycles. The monoisotopic (exact) mass is 436 g/mol. The van der Waals surface area contributed by atoms with Crippen LogP contribution in [0.3, 0.4) is 0 Å². The Hall–Kier alpha value is -3.13. The molecule has 160 valence electrons. The number of hydrogen-bond acceptors (Lipinski definition) is 7. The summed E-state index contributed by atoms with van der Waals surface area (Å²) in [5.41, 5.74) is 2.15. The van der Waals surface area contributed by atoms with Crippen LogP contribution in [0.5, 0.6) is 5.75 Å². The highest BCUT2D eigenvalue weighted by Gasteiger charge is 2.22. The quantitative estimate of drug-likeness (QED) is 0.301. The van der Waals surface area contributed by atoms with Crippen molar-refractivity contribution in [2.45, 2.75) is 44.0 Å². The van der Waals surface area contributed by atoms with Gasteiger partial charge in [0, 0.05) is 6.42 Å². The van der Waals surface area contributed by atoms with Gasteiger partial charge < -0.3 is 9.26 Å². The van der Waals surface area contributed by atoms with Crippen LogP contribution in [0.25, 0.3) is 16.6 Å². The third-order valence-electron chi connectivity index (χ3n) is 4.91. The van der Waals surface area contributed by atoms with Gasteiger partial charge in [-0.2, -0.15) is 4.98 Å². The Morgan fingerprint density at radius 2 is 2.00 bits per heavy atom. The van der Waals surface area contributed by atoms with Gasteiger partial charge in [-0.1, -0.05) is 42.0 Å². The summed E-state index contributed by atoms with van der Waals surface area (Å²) in [6.07, 6.45) is 1.71. The molecule has 7 nitrogen and oxygen atoms in total. The van der Waals surface area contributed by atoms with Crippen LogP contribution in [0.1, 0.15) is 42.8 Å². The molecule has 0 bridgehead atoms. The highest BCUT2D eigenvalue weighted by Crippen LogP contribution is 2.35. The highest BCUT2D eigenvalue weighted by atomic mass is 32.2. The number of aromatic nitrogens is 4. The average molecular weight is 437 g/mol. The lowest BCUT2D eigenvalue weighted by Gasteiger charge is -2.17. The largest absolute Gasteiger partial charge is 0.495 e. The smallest absolute Gasteiger partial charge is 0.266 e. The van der Waals surface area contributed by atoms with Crippen molar-refractivity contribution in [3.05, 3.63) is 70.1 Å². The molecule has 1 atom stereocenters. The van der Waals surface area contributed by atoms with Crippen LogP contribution in [0.4, 0.5) is 0 Å². The third-order valence-corrected chi connectivity index (χ3v) is 5.95. The number of rotatable bonds is 7. The molecule has 0 saturated heterocycles. The summed E-state index contributed by atoms with van der Waals surface area (Å²) in [5.74, 6) is 1.80. The number of hydrogen-bond donors (Lipinski definition) is 0. The van der Waals surface area contributed by atoms with E-state index in [0.717, 1.165) is 18.4 Å². The average Bonchev–Trinajstić information content (AvgIpc) is 3.23. The lowest BCUT2D eigenvalue weighted by molar-refractivity contribution is 0.374. The zero-order valence-corrected chi connectivity index (χ0v) is 18.8. The molecular weight excluding hydrogens is 412 g/mol. The molecule has 0 radical (unpaired) electrons. The van der Waals surface area contributed by atoms with E-state index in [0.29, 0.717) is 39.2 Å². The second kappa shape index (κ2) is 8.93. The van der Waals surface area contributed by atoms with Crippen LogP contribution in [0.2, 0.25) is 0 Å². The summed E-state index contributed by atoms with van der Waals surface area (Å²) in [7, 11) is 1.59. The maximum Gasteiger partial charge on any atom is 0.266 e. The number of benzene rings is 2. The first kappa shape index (κ1) is 21.1. The number of thioether (sulfide) groups is 1. The van der Waals surface area contributed by atoms with Crippen LogP contribution in [-0.2, 0) is 6.42 Å². The Bertz CT molecular complexity index is 1280. The number of aryl methyl sites for hydroxylation is 2.